The van der Waals surface area contributed by atoms with Crippen LogP contribution in [0.15, 0.2) is 60.7 Å². The molecule has 0 amide bonds. The van der Waals surface area contributed by atoms with Gasteiger partial charge in [0.2, 0.25) is 0 Å². The summed E-state index contributed by atoms with van der Waals surface area (Å²) in [6, 6.07) is 20.8. The lowest BCUT2D eigenvalue weighted by molar-refractivity contribution is -0.0260. The largest absolute Gasteiger partial charge is 0.370 e. The Morgan fingerprint density at radius 2 is 1.15 bits per heavy atom. The van der Waals surface area contributed by atoms with E-state index in [1.54, 1.807) is 0 Å². The van der Waals surface area contributed by atoms with Crippen LogP contribution in [-0.4, -0.2) is 54.3 Å². The number of hydrogen-bond donors (Lipinski definition) is 0. The fraction of sp³-hybridized carbons (Fsp3) is 0.381. The third kappa shape index (κ3) is 3.90. The monoisotopic (exact) mass is 368 g/mol. The Morgan fingerprint density at radius 1 is 0.731 bits per heavy atom. The zero-order valence-electron chi connectivity index (χ0n) is 14.8. The van der Waals surface area contributed by atoms with Crippen LogP contribution < -0.4 is 0 Å². The van der Waals surface area contributed by atoms with Crippen molar-refractivity contribution < 1.29 is 9.47 Å². The lowest BCUT2D eigenvalue weighted by atomic mass is 10.1. The molecule has 0 spiro atoms. The minimum Gasteiger partial charge on any atom is -0.370 e. The molecule has 2 atom stereocenters. The van der Waals surface area contributed by atoms with Crippen molar-refractivity contribution in [1.29, 1.82) is 0 Å². The summed E-state index contributed by atoms with van der Waals surface area (Å²) in [6.07, 6.45) is 0.155. The predicted octanol–water partition coefficient (Wildman–Crippen LogP) is 3.42. The Balaban J connectivity index is 1.42. The second-order valence-corrected chi connectivity index (χ2v) is 7.08. The van der Waals surface area contributed by atoms with Gasteiger partial charge in [-0.3, -0.25) is 0 Å². The molecule has 2 saturated heterocycles. The van der Waals surface area contributed by atoms with Crippen LogP contribution in [0.4, 0.5) is 0 Å². The highest BCUT2D eigenvalue weighted by atomic mass is 32.1. The van der Waals surface area contributed by atoms with Gasteiger partial charge in [-0.25, -0.2) is 0 Å². The summed E-state index contributed by atoms with van der Waals surface area (Å²) >= 11 is 5.84. The zero-order valence-corrected chi connectivity index (χ0v) is 15.6. The van der Waals surface area contributed by atoms with Crippen molar-refractivity contribution in [1.82, 2.24) is 9.80 Å². The van der Waals surface area contributed by atoms with Gasteiger partial charge in [-0.1, -0.05) is 60.7 Å². The Kier molecular flexibility index (Phi) is 5.48. The molecule has 136 valence electrons. The second-order valence-electron chi connectivity index (χ2n) is 6.71. The van der Waals surface area contributed by atoms with E-state index in [-0.39, 0.29) is 12.2 Å². The van der Waals surface area contributed by atoms with Gasteiger partial charge in [0.05, 0.1) is 26.3 Å². The maximum Gasteiger partial charge on any atom is 0.171 e. The van der Waals surface area contributed by atoms with E-state index in [1.807, 2.05) is 12.1 Å². The Bertz CT molecular complexity index is 664. The molecule has 2 fully saturated rings. The van der Waals surface area contributed by atoms with Gasteiger partial charge < -0.3 is 19.3 Å². The third-order valence-corrected chi connectivity index (χ3v) is 5.53. The molecule has 5 heteroatoms. The quantitative estimate of drug-likeness (QED) is 0.757. The van der Waals surface area contributed by atoms with E-state index in [0.717, 1.165) is 31.3 Å². The number of morpholine rings is 2. The summed E-state index contributed by atoms with van der Waals surface area (Å²) in [5, 5.41) is 0.915. The molecule has 0 radical (unpaired) electrons. The molecule has 0 N–H and O–H groups in total. The van der Waals surface area contributed by atoms with Crippen LogP contribution in [0.3, 0.4) is 0 Å². The molecule has 0 aromatic heterocycles. The molecular formula is C21H24N2O2S. The van der Waals surface area contributed by atoms with Crippen LogP contribution in [0.25, 0.3) is 0 Å². The fourth-order valence-electron chi connectivity index (χ4n) is 3.58. The lowest BCUT2D eigenvalue weighted by Crippen LogP contribution is -2.52. The molecule has 26 heavy (non-hydrogen) atoms. The van der Waals surface area contributed by atoms with Gasteiger partial charge in [0, 0.05) is 13.1 Å². The first kappa shape index (κ1) is 17.5. The maximum absolute atomic E-state index is 5.98. The summed E-state index contributed by atoms with van der Waals surface area (Å²) in [5.74, 6) is 0. The van der Waals surface area contributed by atoms with Crippen LogP contribution in [0, 0.1) is 0 Å². The van der Waals surface area contributed by atoms with Crippen LogP contribution in [0.1, 0.15) is 23.3 Å². The molecule has 2 aliphatic rings. The van der Waals surface area contributed by atoms with Gasteiger partial charge >= 0.3 is 0 Å². The maximum atomic E-state index is 5.98. The first-order chi connectivity index (χ1) is 12.8. The van der Waals surface area contributed by atoms with Crippen molar-refractivity contribution in [3.05, 3.63) is 71.8 Å². The van der Waals surface area contributed by atoms with Crippen molar-refractivity contribution >= 4 is 17.3 Å². The van der Waals surface area contributed by atoms with Crippen molar-refractivity contribution in [2.75, 3.05) is 39.4 Å². The number of benzene rings is 2. The highest BCUT2D eigenvalue weighted by Crippen LogP contribution is 2.26. The summed E-state index contributed by atoms with van der Waals surface area (Å²) in [4.78, 5) is 4.56. The highest BCUT2D eigenvalue weighted by molar-refractivity contribution is 7.80. The Hall–Kier alpha value is -1.95. The van der Waals surface area contributed by atoms with E-state index in [0.29, 0.717) is 13.2 Å². The summed E-state index contributed by atoms with van der Waals surface area (Å²) < 4.78 is 12.0. The molecule has 2 heterocycles. The van der Waals surface area contributed by atoms with Gasteiger partial charge in [0.1, 0.15) is 12.2 Å². The number of rotatable bonds is 2. The van der Waals surface area contributed by atoms with E-state index in [2.05, 4.69) is 58.3 Å². The molecular weight excluding hydrogens is 344 g/mol. The van der Waals surface area contributed by atoms with Crippen LogP contribution in [0.5, 0.6) is 0 Å². The molecule has 0 saturated carbocycles. The minimum absolute atomic E-state index is 0.0776. The number of nitrogens with zero attached hydrogens (tertiary/aromatic N) is 2. The molecule has 2 aliphatic heterocycles. The fourth-order valence-corrected chi connectivity index (χ4v) is 3.92. The topological polar surface area (TPSA) is 24.9 Å². The first-order valence-electron chi connectivity index (χ1n) is 9.18. The van der Waals surface area contributed by atoms with Gasteiger partial charge in [0.25, 0.3) is 0 Å². The molecule has 2 unspecified atom stereocenters. The van der Waals surface area contributed by atoms with Gasteiger partial charge in [-0.05, 0) is 23.3 Å². The molecule has 4 rings (SSSR count). The SMILES string of the molecule is S=C(N1CCOC(c2ccccc2)C1)N1CCOC(c2ccccc2)C1. The van der Waals surface area contributed by atoms with E-state index in [9.17, 15) is 0 Å². The lowest BCUT2D eigenvalue weighted by Gasteiger charge is -2.41. The Labute approximate surface area is 160 Å². The van der Waals surface area contributed by atoms with Gasteiger partial charge in [0.15, 0.2) is 5.11 Å². The third-order valence-electron chi connectivity index (χ3n) is 5.02. The van der Waals surface area contributed by atoms with E-state index < -0.39 is 0 Å². The van der Waals surface area contributed by atoms with Crippen LogP contribution >= 0.6 is 12.2 Å². The van der Waals surface area contributed by atoms with E-state index in [1.165, 1.54) is 11.1 Å². The molecule has 4 nitrogen and oxygen atoms in total. The average molecular weight is 369 g/mol. The average Bonchev–Trinajstić information content (AvgIpc) is 2.75. The standard InChI is InChI=1S/C21H24N2O2S/c26-21(22-11-13-24-19(15-22)17-7-3-1-4-8-17)23-12-14-25-20(16-23)18-9-5-2-6-10-18/h1-10,19-20H,11-16H2. The van der Waals surface area contributed by atoms with E-state index in [4.69, 9.17) is 21.7 Å². The molecule has 2 aromatic rings. The van der Waals surface area contributed by atoms with Crippen molar-refractivity contribution in [3.63, 3.8) is 0 Å². The summed E-state index contributed by atoms with van der Waals surface area (Å²) in [6.45, 7) is 4.69. The highest BCUT2D eigenvalue weighted by Gasteiger charge is 2.29. The summed E-state index contributed by atoms with van der Waals surface area (Å²) in [7, 11) is 0. The molecule has 0 bridgehead atoms. The minimum atomic E-state index is 0.0776. The van der Waals surface area contributed by atoms with Crippen LogP contribution in [-0.2, 0) is 9.47 Å². The van der Waals surface area contributed by atoms with E-state index >= 15 is 0 Å². The number of thiocarbonyl (C=S) groups is 1. The zero-order chi connectivity index (χ0) is 17.8. The second kappa shape index (κ2) is 8.16. The normalized spacial score (nSPS) is 23.7. The first-order valence-corrected chi connectivity index (χ1v) is 9.59. The van der Waals surface area contributed by atoms with Gasteiger partial charge in [-0.15, -0.1) is 0 Å². The number of hydrogen-bond acceptors (Lipinski definition) is 3. The van der Waals surface area contributed by atoms with Crippen molar-refractivity contribution in [2.45, 2.75) is 12.2 Å². The van der Waals surface area contributed by atoms with Gasteiger partial charge in [-0.2, -0.15) is 0 Å². The van der Waals surface area contributed by atoms with Crippen molar-refractivity contribution in [3.8, 4) is 0 Å². The number of ether oxygens (including phenoxy) is 2. The molecule has 0 aliphatic carbocycles. The molecule has 2 aromatic carbocycles. The summed E-state index contributed by atoms with van der Waals surface area (Å²) in [5.41, 5.74) is 2.42. The van der Waals surface area contributed by atoms with Crippen molar-refractivity contribution in [2.24, 2.45) is 0 Å². The Morgan fingerprint density at radius 3 is 1.58 bits per heavy atom. The van der Waals surface area contributed by atoms with Crippen LogP contribution in [0.2, 0.25) is 0 Å². The smallest absolute Gasteiger partial charge is 0.171 e. The predicted molar refractivity (Wildman–Crippen MR) is 106 cm³/mol.